The van der Waals surface area contributed by atoms with Gasteiger partial charge in [0, 0.05) is 11.9 Å². The molecule has 2 heterocycles. The van der Waals surface area contributed by atoms with Crippen LogP contribution in [0.2, 0.25) is 0 Å². The van der Waals surface area contributed by atoms with Gasteiger partial charge in [0.15, 0.2) is 11.6 Å². The minimum atomic E-state index is -0.742. The molecular weight excluding hydrogens is 307 g/mol. The Hall–Kier alpha value is -1.96. The Balaban J connectivity index is 2.00. The van der Waals surface area contributed by atoms with Gasteiger partial charge >= 0.3 is 0 Å². The topological polar surface area (TPSA) is 73.8 Å². The second-order valence-electron chi connectivity index (χ2n) is 4.79. The van der Waals surface area contributed by atoms with E-state index in [0.717, 1.165) is 29.5 Å². The summed E-state index contributed by atoms with van der Waals surface area (Å²) >= 11 is 1.79. The smallest absolute Gasteiger partial charge is 0.288 e. The van der Waals surface area contributed by atoms with Gasteiger partial charge in [-0.1, -0.05) is 19.8 Å². The Morgan fingerprint density at radius 2 is 2.23 bits per heavy atom. The lowest BCUT2D eigenvalue weighted by atomic mass is 10.3. The molecule has 0 bridgehead atoms. The minimum Gasteiger partial charge on any atom is -0.288 e. The van der Waals surface area contributed by atoms with Crippen LogP contribution < -0.4 is 0 Å². The standard InChI is InChI=1S/C14H17FN4O2S/c1-2-3-4-5-22-9-11-8-18(10-17-11)14-13(15)6-12(7-16-14)19(20)21/h6-8,10H,2-5,9H2,1H3. The Kier molecular flexibility index (Phi) is 5.88. The van der Waals surface area contributed by atoms with Crippen molar-refractivity contribution in [1.82, 2.24) is 14.5 Å². The first-order valence-corrected chi connectivity index (χ1v) is 8.18. The minimum absolute atomic E-state index is 0.0142. The number of thioether (sulfide) groups is 1. The lowest BCUT2D eigenvalue weighted by Crippen LogP contribution is -2.00. The molecule has 2 aromatic heterocycles. The third-order valence-corrected chi connectivity index (χ3v) is 4.12. The van der Waals surface area contributed by atoms with E-state index in [9.17, 15) is 14.5 Å². The molecule has 0 aliphatic carbocycles. The molecule has 0 amide bonds. The van der Waals surface area contributed by atoms with Gasteiger partial charge in [0.05, 0.1) is 16.7 Å². The molecule has 2 rings (SSSR count). The molecule has 22 heavy (non-hydrogen) atoms. The van der Waals surface area contributed by atoms with Crippen molar-refractivity contribution in [2.75, 3.05) is 5.75 Å². The Labute approximate surface area is 131 Å². The molecule has 0 unspecified atom stereocenters. The number of nitro groups is 1. The monoisotopic (exact) mass is 324 g/mol. The summed E-state index contributed by atoms with van der Waals surface area (Å²) in [5, 5.41) is 10.6. The number of imidazole rings is 1. The van der Waals surface area contributed by atoms with E-state index in [0.29, 0.717) is 0 Å². The Morgan fingerprint density at radius 1 is 1.41 bits per heavy atom. The average Bonchev–Trinajstić information content (AvgIpc) is 2.95. The van der Waals surface area contributed by atoms with Gasteiger partial charge in [-0.05, 0) is 12.2 Å². The first-order valence-electron chi connectivity index (χ1n) is 7.02. The van der Waals surface area contributed by atoms with Gasteiger partial charge in [0.1, 0.15) is 12.5 Å². The molecule has 0 N–H and O–H groups in total. The molecule has 0 radical (unpaired) electrons. The summed E-state index contributed by atoms with van der Waals surface area (Å²) in [4.78, 5) is 17.9. The summed E-state index contributed by atoms with van der Waals surface area (Å²) in [6.07, 6.45) is 7.81. The molecule has 2 aromatic rings. The van der Waals surface area contributed by atoms with Crippen molar-refractivity contribution >= 4 is 17.4 Å². The van der Waals surface area contributed by atoms with Gasteiger partial charge in [-0.25, -0.2) is 14.4 Å². The highest BCUT2D eigenvalue weighted by Crippen LogP contribution is 2.18. The van der Waals surface area contributed by atoms with E-state index in [4.69, 9.17) is 0 Å². The fourth-order valence-electron chi connectivity index (χ4n) is 1.90. The molecule has 0 aliphatic heterocycles. The molecule has 0 aliphatic rings. The first-order chi connectivity index (χ1) is 10.6. The number of pyridine rings is 1. The van der Waals surface area contributed by atoms with E-state index in [1.807, 2.05) is 0 Å². The van der Waals surface area contributed by atoms with Crippen LogP contribution in [0.4, 0.5) is 10.1 Å². The van der Waals surface area contributed by atoms with Gasteiger partial charge in [-0.15, -0.1) is 0 Å². The fraction of sp³-hybridized carbons (Fsp3) is 0.429. The summed E-state index contributed by atoms with van der Waals surface area (Å²) in [5.74, 6) is 1.10. The summed E-state index contributed by atoms with van der Waals surface area (Å²) in [5.41, 5.74) is 0.467. The number of aromatic nitrogens is 3. The average molecular weight is 324 g/mol. The molecule has 118 valence electrons. The van der Waals surface area contributed by atoms with E-state index in [-0.39, 0.29) is 11.5 Å². The van der Waals surface area contributed by atoms with Crippen LogP contribution in [0.25, 0.3) is 5.82 Å². The maximum absolute atomic E-state index is 13.9. The number of unbranched alkanes of at least 4 members (excludes halogenated alkanes) is 2. The van der Waals surface area contributed by atoms with Gasteiger partial charge in [-0.2, -0.15) is 11.8 Å². The van der Waals surface area contributed by atoms with E-state index in [2.05, 4.69) is 16.9 Å². The van der Waals surface area contributed by atoms with Gasteiger partial charge < -0.3 is 0 Å². The van der Waals surface area contributed by atoms with E-state index >= 15 is 0 Å². The number of rotatable bonds is 8. The molecule has 0 fully saturated rings. The maximum Gasteiger partial charge on any atom is 0.290 e. The lowest BCUT2D eigenvalue weighted by molar-refractivity contribution is -0.385. The summed E-state index contributed by atoms with van der Waals surface area (Å²) in [7, 11) is 0. The summed E-state index contributed by atoms with van der Waals surface area (Å²) < 4.78 is 15.3. The Bertz CT molecular complexity index is 648. The van der Waals surface area contributed by atoms with Crippen LogP contribution in [-0.4, -0.2) is 25.2 Å². The molecule has 0 spiro atoms. The zero-order valence-corrected chi connectivity index (χ0v) is 13.1. The predicted molar refractivity (Wildman–Crippen MR) is 83.7 cm³/mol. The van der Waals surface area contributed by atoms with Gasteiger partial charge in [-0.3, -0.25) is 14.7 Å². The molecular formula is C14H17FN4O2S. The molecule has 8 heteroatoms. The third-order valence-electron chi connectivity index (χ3n) is 3.04. The van der Waals surface area contributed by atoms with Crippen LogP contribution in [0.1, 0.15) is 31.9 Å². The molecule has 6 nitrogen and oxygen atoms in total. The van der Waals surface area contributed by atoms with Crippen molar-refractivity contribution in [3.63, 3.8) is 0 Å². The maximum atomic E-state index is 13.9. The normalized spacial score (nSPS) is 10.8. The second-order valence-corrected chi connectivity index (χ2v) is 5.89. The second kappa shape index (κ2) is 7.88. The summed E-state index contributed by atoms with van der Waals surface area (Å²) in [6.45, 7) is 2.16. The zero-order valence-electron chi connectivity index (χ0n) is 12.2. The van der Waals surface area contributed by atoms with Crippen LogP contribution in [0, 0.1) is 15.9 Å². The van der Waals surface area contributed by atoms with Crippen molar-refractivity contribution in [2.24, 2.45) is 0 Å². The molecule has 0 saturated carbocycles. The third kappa shape index (κ3) is 4.27. The van der Waals surface area contributed by atoms with Crippen molar-refractivity contribution < 1.29 is 9.31 Å². The zero-order chi connectivity index (χ0) is 15.9. The van der Waals surface area contributed by atoms with Crippen molar-refractivity contribution in [1.29, 1.82) is 0 Å². The summed E-state index contributed by atoms with van der Waals surface area (Å²) in [6, 6.07) is 0.863. The molecule has 0 atom stereocenters. The van der Waals surface area contributed by atoms with Crippen LogP contribution in [-0.2, 0) is 5.75 Å². The highest BCUT2D eigenvalue weighted by molar-refractivity contribution is 7.98. The molecule has 0 aromatic carbocycles. The highest BCUT2D eigenvalue weighted by atomic mass is 32.2. The van der Waals surface area contributed by atoms with Crippen LogP contribution in [0.3, 0.4) is 0 Å². The van der Waals surface area contributed by atoms with Crippen molar-refractivity contribution in [3.05, 3.63) is 46.4 Å². The predicted octanol–water partition coefficient (Wildman–Crippen LogP) is 3.74. The van der Waals surface area contributed by atoms with Crippen molar-refractivity contribution in [3.8, 4) is 5.82 Å². The molecule has 0 saturated heterocycles. The fourth-order valence-corrected chi connectivity index (χ4v) is 2.81. The first kappa shape index (κ1) is 16.4. The Morgan fingerprint density at radius 3 is 2.91 bits per heavy atom. The van der Waals surface area contributed by atoms with E-state index < -0.39 is 10.7 Å². The van der Waals surface area contributed by atoms with E-state index in [1.54, 1.807) is 18.0 Å². The lowest BCUT2D eigenvalue weighted by Gasteiger charge is -2.02. The van der Waals surface area contributed by atoms with Gasteiger partial charge in [0.25, 0.3) is 5.69 Å². The van der Waals surface area contributed by atoms with Crippen LogP contribution in [0.15, 0.2) is 24.8 Å². The largest absolute Gasteiger partial charge is 0.290 e. The number of hydrogen-bond donors (Lipinski definition) is 0. The van der Waals surface area contributed by atoms with Crippen molar-refractivity contribution in [2.45, 2.75) is 31.9 Å². The number of nitrogens with zero attached hydrogens (tertiary/aromatic N) is 4. The quantitative estimate of drug-likeness (QED) is 0.420. The van der Waals surface area contributed by atoms with Gasteiger partial charge in [0.2, 0.25) is 0 Å². The SMILES string of the molecule is CCCCCSCc1cn(-c2ncc([N+](=O)[O-])cc2F)cn1. The van der Waals surface area contributed by atoms with E-state index in [1.165, 1.54) is 30.2 Å². The number of halogens is 1. The van der Waals surface area contributed by atoms with Crippen LogP contribution >= 0.6 is 11.8 Å². The van der Waals surface area contributed by atoms with Crippen LogP contribution in [0.5, 0.6) is 0 Å². The highest BCUT2D eigenvalue weighted by Gasteiger charge is 2.14. The number of hydrogen-bond acceptors (Lipinski definition) is 5.